The van der Waals surface area contributed by atoms with Crippen LogP contribution in [0.3, 0.4) is 0 Å². The smallest absolute Gasteiger partial charge is 0.338 e. The Morgan fingerprint density at radius 2 is 1.58 bits per heavy atom. The molecule has 3 aromatic rings. The Hall–Kier alpha value is -3.27. The number of hydrogen-bond acceptors (Lipinski definition) is 4. The van der Waals surface area contributed by atoms with Gasteiger partial charge in [0.2, 0.25) is 0 Å². The highest BCUT2D eigenvalue weighted by molar-refractivity contribution is 5.90. The van der Waals surface area contributed by atoms with Gasteiger partial charge in [-0.15, -0.1) is 0 Å². The van der Waals surface area contributed by atoms with Crippen molar-refractivity contribution in [3.63, 3.8) is 0 Å². The molecular formula is C22H21NO3. The topological polar surface area (TPSA) is 61.5 Å². The fourth-order valence-electron chi connectivity index (χ4n) is 2.44. The van der Waals surface area contributed by atoms with Crippen molar-refractivity contribution in [2.45, 2.75) is 20.1 Å². The van der Waals surface area contributed by atoms with Crippen LogP contribution >= 0.6 is 0 Å². The lowest BCUT2D eigenvalue weighted by atomic mass is 10.1. The first-order valence-electron chi connectivity index (χ1n) is 8.41. The summed E-state index contributed by atoms with van der Waals surface area (Å²) >= 11 is 0. The quantitative estimate of drug-likeness (QED) is 0.526. The van der Waals surface area contributed by atoms with Crippen LogP contribution in [0, 0.1) is 6.92 Å². The van der Waals surface area contributed by atoms with Crippen molar-refractivity contribution < 1.29 is 14.3 Å². The lowest BCUT2D eigenvalue weighted by Crippen LogP contribution is -2.07. The average molecular weight is 347 g/mol. The number of nitrogens with two attached hydrogens (primary N) is 1. The predicted octanol–water partition coefficient (Wildman–Crippen LogP) is 4.51. The summed E-state index contributed by atoms with van der Waals surface area (Å²) in [5.74, 6) is 0.0637. The van der Waals surface area contributed by atoms with Gasteiger partial charge in [-0.2, -0.15) is 0 Å². The molecule has 0 radical (unpaired) electrons. The van der Waals surface area contributed by atoms with Crippen molar-refractivity contribution in [3.05, 3.63) is 95.1 Å². The van der Waals surface area contributed by atoms with Crippen LogP contribution in [0.2, 0.25) is 0 Å². The normalized spacial score (nSPS) is 10.3. The Labute approximate surface area is 153 Å². The summed E-state index contributed by atoms with van der Waals surface area (Å²) in [6, 6.07) is 22.5. The zero-order chi connectivity index (χ0) is 18.4. The van der Waals surface area contributed by atoms with Crippen LogP contribution in [0.1, 0.15) is 27.0 Å². The second kappa shape index (κ2) is 8.21. The van der Waals surface area contributed by atoms with Gasteiger partial charge in [0.25, 0.3) is 0 Å². The third kappa shape index (κ3) is 4.63. The summed E-state index contributed by atoms with van der Waals surface area (Å²) in [5, 5.41) is 0. The van der Waals surface area contributed by atoms with Gasteiger partial charge in [-0.1, -0.05) is 60.2 Å². The second-order valence-corrected chi connectivity index (χ2v) is 6.09. The van der Waals surface area contributed by atoms with Gasteiger partial charge in [-0.3, -0.25) is 0 Å². The highest BCUT2D eigenvalue weighted by Gasteiger charge is 2.11. The van der Waals surface area contributed by atoms with Crippen LogP contribution in [0.4, 0.5) is 5.69 Å². The lowest BCUT2D eigenvalue weighted by Gasteiger charge is -2.11. The van der Waals surface area contributed by atoms with E-state index >= 15 is 0 Å². The van der Waals surface area contributed by atoms with E-state index in [1.54, 1.807) is 18.2 Å². The molecule has 0 amide bonds. The molecule has 0 heterocycles. The molecule has 0 aliphatic carbocycles. The van der Waals surface area contributed by atoms with E-state index in [2.05, 4.69) is 0 Å². The lowest BCUT2D eigenvalue weighted by molar-refractivity contribution is 0.0472. The summed E-state index contributed by atoms with van der Waals surface area (Å²) in [5.41, 5.74) is 10.0. The van der Waals surface area contributed by atoms with E-state index in [9.17, 15) is 4.79 Å². The molecule has 0 saturated carbocycles. The molecule has 0 fully saturated rings. The maximum atomic E-state index is 12.3. The van der Waals surface area contributed by atoms with Crippen molar-refractivity contribution in [1.82, 2.24) is 0 Å². The number of ether oxygens (including phenoxy) is 2. The summed E-state index contributed by atoms with van der Waals surface area (Å²) in [7, 11) is 0. The van der Waals surface area contributed by atoms with E-state index in [4.69, 9.17) is 15.2 Å². The van der Waals surface area contributed by atoms with Gasteiger partial charge in [-0.05, 0) is 36.2 Å². The third-order valence-electron chi connectivity index (χ3n) is 3.98. The van der Waals surface area contributed by atoms with Gasteiger partial charge in [-0.25, -0.2) is 4.79 Å². The van der Waals surface area contributed by atoms with Gasteiger partial charge in [0.05, 0.1) is 11.3 Å². The zero-order valence-electron chi connectivity index (χ0n) is 14.6. The average Bonchev–Trinajstić information content (AvgIpc) is 2.67. The van der Waals surface area contributed by atoms with Crippen molar-refractivity contribution in [2.75, 3.05) is 5.73 Å². The molecule has 0 aromatic heterocycles. The van der Waals surface area contributed by atoms with Crippen LogP contribution < -0.4 is 10.5 Å². The molecule has 0 unspecified atom stereocenters. The number of nitrogen functional groups attached to an aromatic ring is 1. The van der Waals surface area contributed by atoms with Gasteiger partial charge < -0.3 is 15.2 Å². The zero-order valence-corrected chi connectivity index (χ0v) is 14.6. The van der Waals surface area contributed by atoms with Crippen molar-refractivity contribution >= 4 is 11.7 Å². The standard InChI is InChI=1S/C22H21NO3/c1-16-7-9-18(10-8-16)14-25-21-13-19(11-12-20(21)23)22(24)26-15-17-5-3-2-4-6-17/h2-13H,14-15,23H2,1H3. The van der Waals surface area contributed by atoms with Gasteiger partial charge >= 0.3 is 5.97 Å². The van der Waals surface area contributed by atoms with Crippen LogP contribution in [0.15, 0.2) is 72.8 Å². The predicted molar refractivity (Wildman–Crippen MR) is 102 cm³/mol. The maximum absolute atomic E-state index is 12.3. The molecule has 4 heteroatoms. The van der Waals surface area contributed by atoms with Gasteiger partial charge in [0.15, 0.2) is 0 Å². The molecule has 2 N–H and O–H groups in total. The monoisotopic (exact) mass is 347 g/mol. The number of aryl methyl sites for hydroxylation is 1. The number of hydrogen-bond donors (Lipinski definition) is 1. The number of carbonyl (C=O) groups excluding carboxylic acids is 1. The largest absolute Gasteiger partial charge is 0.487 e. The first-order valence-corrected chi connectivity index (χ1v) is 8.41. The molecule has 3 rings (SSSR count). The minimum atomic E-state index is -0.408. The van der Waals surface area contributed by atoms with Crippen molar-refractivity contribution in [2.24, 2.45) is 0 Å². The first-order chi connectivity index (χ1) is 12.6. The summed E-state index contributed by atoms with van der Waals surface area (Å²) in [4.78, 5) is 12.3. The van der Waals surface area contributed by atoms with Crippen LogP contribution in [0.25, 0.3) is 0 Å². The highest BCUT2D eigenvalue weighted by atomic mass is 16.5. The minimum Gasteiger partial charge on any atom is -0.487 e. The fraction of sp³-hybridized carbons (Fsp3) is 0.136. The molecule has 0 atom stereocenters. The number of anilines is 1. The molecule has 0 aliphatic heterocycles. The van der Waals surface area contributed by atoms with E-state index in [1.165, 1.54) is 5.56 Å². The molecule has 4 nitrogen and oxygen atoms in total. The molecule has 26 heavy (non-hydrogen) atoms. The second-order valence-electron chi connectivity index (χ2n) is 6.09. The van der Waals surface area contributed by atoms with E-state index in [1.807, 2.05) is 61.5 Å². The van der Waals surface area contributed by atoms with Gasteiger partial charge in [0, 0.05) is 0 Å². The maximum Gasteiger partial charge on any atom is 0.338 e. The molecule has 0 saturated heterocycles. The van der Waals surface area contributed by atoms with Crippen LogP contribution in [0.5, 0.6) is 5.75 Å². The Balaban J connectivity index is 1.64. The van der Waals surface area contributed by atoms with E-state index in [0.717, 1.165) is 11.1 Å². The molecule has 3 aromatic carbocycles. The van der Waals surface area contributed by atoms with Crippen LogP contribution in [-0.2, 0) is 18.0 Å². The first kappa shape index (κ1) is 17.5. The van der Waals surface area contributed by atoms with Crippen LogP contribution in [-0.4, -0.2) is 5.97 Å². The summed E-state index contributed by atoms with van der Waals surface area (Å²) in [6.45, 7) is 2.64. The SMILES string of the molecule is Cc1ccc(COc2cc(C(=O)OCc3ccccc3)ccc2N)cc1. The number of carbonyl (C=O) groups is 1. The molecular weight excluding hydrogens is 326 g/mol. The molecule has 0 aliphatic rings. The molecule has 0 bridgehead atoms. The summed E-state index contributed by atoms with van der Waals surface area (Å²) in [6.07, 6.45) is 0. The Morgan fingerprint density at radius 3 is 2.31 bits per heavy atom. The van der Waals surface area contributed by atoms with E-state index in [-0.39, 0.29) is 6.61 Å². The third-order valence-corrected chi connectivity index (χ3v) is 3.98. The minimum absolute atomic E-state index is 0.226. The fourth-order valence-corrected chi connectivity index (χ4v) is 2.44. The highest BCUT2D eigenvalue weighted by Crippen LogP contribution is 2.24. The molecule has 0 spiro atoms. The van der Waals surface area contributed by atoms with Gasteiger partial charge in [0.1, 0.15) is 19.0 Å². The van der Waals surface area contributed by atoms with E-state index in [0.29, 0.717) is 23.6 Å². The van der Waals surface area contributed by atoms with Crippen molar-refractivity contribution in [1.29, 1.82) is 0 Å². The Kier molecular flexibility index (Phi) is 5.54. The Bertz CT molecular complexity index is 874. The summed E-state index contributed by atoms with van der Waals surface area (Å²) < 4.78 is 11.1. The molecule has 132 valence electrons. The number of benzene rings is 3. The van der Waals surface area contributed by atoms with Crippen molar-refractivity contribution in [3.8, 4) is 5.75 Å². The number of rotatable bonds is 6. The Morgan fingerprint density at radius 1 is 0.885 bits per heavy atom. The van der Waals surface area contributed by atoms with E-state index < -0.39 is 5.97 Å². The number of esters is 1.